The minimum atomic E-state index is 0.598. The zero-order valence-corrected chi connectivity index (χ0v) is 6.07. The van der Waals surface area contributed by atoms with Crippen molar-refractivity contribution in [2.24, 2.45) is 10.9 Å². The molecule has 6 heteroatoms. The lowest BCUT2D eigenvalue weighted by atomic mass is 11.2. The Labute approximate surface area is 57.4 Å². The van der Waals surface area contributed by atoms with Crippen molar-refractivity contribution in [3.8, 4) is 0 Å². The summed E-state index contributed by atoms with van der Waals surface area (Å²) < 4.78 is 0. The van der Waals surface area contributed by atoms with Gasteiger partial charge in [-0.3, -0.25) is 4.99 Å². The quantitative estimate of drug-likeness (QED) is 0.244. The average molecular weight is 151 g/mol. The molecule has 0 saturated heterocycles. The third-order valence-electron chi connectivity index (χ3n) is 0.574. The zero-order chi connectivity index (χ0) is 7.11. The summed E-state index contributed by atoms with van der Waals surface area (Å²) in [6.45, 7) is 0. The maximum Gasteiger partial charge on any atom is 0.182 e. The second-order valence-corrected chi connectivity index (χ2v) is 1.81. The molecule has 0 saturated carbocycles. The minimum absolute atomic E-state index is 0.598. The van der Waals surface area contributed by atoms with E-state index in [1.807, 2.05) is 6.26 Å². The van der Waals surface area contributed by atoms with E-state index in [9.17, 15) is 0 Å². The second-order valence-electron chi connectivity index (χ2n) is 1.01. The van der Waals surface area contributed by atoms with Gasteiger partial charge in [0.15, 0.2) is 5.17 Å². The number of hydroxylamine groups is 1. The van der Waals surface area contributed by atoms with Crippen molar-refractivity contribution in [1.82, 2.24) is 5.48 Å². The van der Waals surface area contributed by atoms with E-state index in [0.717, 1.165) is 0 Å². The van der Waals surface area contributed by atoms with Gasteiger partial charge in [0.1, 0.15) is 0 Å². The SMILES string of the molecule is CN=C(NOON)SC. The lowest BCUT2D eigenvalue weighted by Gasteiger charge is -2.00. The Morgan fingerprint density at radius 3 is 2.78 bits per heavy atom. The molecule has 0 aliphatic carbocycles. The molecule has 0 rings (SSSR count). The molecule has 0 atom stereocenters. The number of aliphatic imine (C=N–C) groups is 1. The zero-order valence-electron chi connectivity index (χ0n) is 5.25. The molecular weight excluding hydrogens is 142 g/mol. The van der Waals surface area contributed by atoms with Crippen LogP contribution in [0.15, 0.2) is 4.99 Å². The highest BCUT2D eigenvalue weighted by Gasteiger charge is 1.91. The Kier molecular flexibility index (Phi) is 5.64. The number of nitrogens with one attached hydrogen (secondary N) is 1. The van der Waals surface area contributed by atoms with E-state index in [1.54, 1.807) is 7.05 Å². The summed E-state index contributed by atoms with van der Waals surface area (Å²) in [4.78, 5) is 11.7. The van der Waals surface area contributed by atoms with E-state index in [0.29, 0.717) is 5.17 Å². The summed E-state index contributed by atoms with van der Waals surface area (Å²) in [6, 6.07) is 0. The van der Waals surface area contributed by atoms with Crippen LogP contribution in [0.4, 0.5) is 0 Å². The van der Waals surface area contributed by atoms with Crippen molar-refractivity contribution in [2.75, 3.05) is 13.3 Å². The highest BCUT2D eigenvalue weighted by molar-refractivity contribution is 8.13. The molecule has 0 aliphatic heterocycles. The van der Waals surface area contributed by atoms with E-state index >= 15 is 0 Å². The van der Waals surface area contributed by atoms with Crippen molar-refractivity contribution >= 4 is 16.9 Å². The third-order valence-corrected chi connectivity index (χ3v) is 1.23. The molecule has 0 radical (unpaired) electrons. The molecule has 5 nitrogen and oxygen atoms in total. The van der Waals surface area contributed by atoms with E-state index in [2.05, 4.69) is 26.3 Å². The number of rotatable bonds is 2. The highest BCUT2D eigenvalue weighted by atomic mass is 32.2. The fourth-order valence-electron chi connectivity index (χ4n) is 0.238. The van der Waals surface area contributed by atoms with Gasteiger partial charge in [-0.05, 0) is 6.26 Å². The van der Waals surface area contributed by atoms with Gasteiger partial charge in [0.25, 0.3) is 0 Å². The van der Waals surface area contributed by atoms with Crippen LogP contribution in [0, 0.1) is 0 Å². The molecule has 0 aromatic rings. The molecule has 54 valence electrons. The first-order valence-corrected chi connectivity index (χ1v) is 3.36. The number of amidine groups is 1. The number of nitrogens with two attached hydrogens (primary N) is 1. The molecule has 0 heterocycles. The lowest BCUT2D eigenvalue weighted by molar-refractivity contribution is -0.325. The Morgan fingerprint density at radius 1 is 1.78 bits per heavy atom. The van der Waals surface area contributed by atoms with Crippen LogP contribution in [0.1, 0.15) is 0 Å². The van der Waals surface area contributed by atoms with Crippen LogP contribution < -0.4 is 11.4 Å². The Bertz CT molecular complexity index is 97.1. The highest BCUT2D eigenvalue weighted by Crippen LogP contribution is 1.92. The van der Waals surface area contributed by atoms with Crippen LogP contribution in [0.25, 0.3) is 0 Å². The van der Waals surface area contributed by atoms with Crippen LogP contribution in [0.3, 0.4) is 0 Å². The molecule has 0 fully saturated rings. The van der Waals surface area contributed by atoms with Crippen LogP contribution >= 0.6 is 11.8 Å². The first-order valence-electron chi connectivity index (χ1n) is 2.14. The molecular formula is C3H9N3O2S. The predicted molar refractivity (Wildman–Crippen MR) is 36.4 cm³/mol. The van der Waals surface area contributed by atoms with Crippen molar-refractivity contribution in [3.63, 3.8) is 0 Å². The third kappa shape index (κ3) is 4.22. The summed E-state index contributed by atoms with van der Waals surface area (Å²) in [6.07, 6.45) is 1.84. The summed E-state index contributed by atoms with van der Waals surface area (Å²) >= 11 is 1.39. The van der Waals surface area contributed by atoms with Crippen LogP contribution in [0.5, 0.6) is 0 Å². The molecule has 0 aliphatic rings. The fourth-order valence-corrected chi connectivity index (χ4v) is 0.538. The van der Waals surface area contributed by atoms with Crippen LogP contribution in [-0.4, -0.2) is 18.5 Å². The molecule has 0 aromatic heterocycles. The Hall–Kier alpha value is -0.300. The van der Waals surface area contributed by atoms with E-state index < -0.39 is 0 Å². The minimum Gasteiger partial charge on any atom is -0.264 e. The monoisotopic (exact) mass is 151 g/mol. The largest absolute Gasteiger partial charge is 0.264 e. The molecule has 0 amide bonds. The number of hydrogen-bond acceptors (Lipinski definition) is 5. The first-order chi connectivity index (χ1) is 4.35. The second kappa shape index (κ2) is 5.83. The van der Waals surface area contributed by atoms with Crippen LogP contribution in [-0.2, 0) is 9.98 Å². The molecule has 0 aromatic carbocycles. The van der Waals surface area contributed by atoms with Gasteiger partial charge in [0, 0.05) is 7.05 Å². The van der Waals surface area contributed by atoms with E-state index in [1.165, 1.54) is 11.8 Å². The summed E-state index contributed by atoms with van der Waals surface area (Å²) in [5.41, 5.74) is 2.33. The Morgan fingerprint density at radius 2 is 2.44 bits per heavy atom. The number of hydrogen-bond donors (Lipinski definition) is 2. The van der Waals surface area contributed by atoms with E-state index in [4.69, 9.17) is 0 Å². The van der Waals surface area contributed by atoms with E-state index in [-0.39, 0.29) is 0 Å². The summed E-state index contributed by atoms with van der Waals surface area (Å²) in [5, 5.41) is 0.598. The van der Waals surface area contributed by atoms with Gasteiger partial charge in [-0.25, -0.2) is 5.48 Å². The Balaban J connectivity index is 3.33. The molecule has 0 bridgehead atoms. The molecule has 9 heavy (non-hydrogen) atoms. The molecule has 0 spiro atoms. The van der Waals surface area contributed by atoms with Crippen LogP contribution in [0.2, 0.25) is 0 Å². The van der Waals surface area contributed by atoms with Gasteiger partial charge >= 0.3 is 0 Å². The number of nitrogens with zero attached hydrogens (tertiary/aromatic N) is 1. The van der Waals surface area contributed by atoms with Crippen molar-refractivity contribution < 1.29 is 9.98 Å². The van der Waals surface area contributed by atoms with Crippen molar-refractivity contribution in [1.29, 1.82) is 0 Å². The maximum atomic E-state index is 4.54. The molecule has 3 N–H and O–H groups in total. The van der Waals surface area contributed by atoms with Gasteiger partial charge in [-0.1, -0.05) is 16.8 Å². The lowest BCUT2D eigenvalue weighted by Crippen LogP contribution is -2.22. The maximum absolute atomic E-state index is 4.54. The van der Waals surface area contributed by atoms with Crippen molar-refractivity contribution in [3.05, 3.63) is 0 Å². The van der Waals surface area contributed by atoms with Gasteiger partial charge < -0.3 is 0 Å². The topological polar surface area (TPSA) is 68.9 Å². The van der Waals surface area contributed by atoms with Gasteiger partial charge in [0.2, 0.25) is 0 Å². The fraction of sp³-hybridized carbons (Fsp3) is 0.667. The van der Waals surface area contributed by atoms with Gasteiger partial charge in [-0.15, -0.1) is 4.99 Å². The van der Waals surface area contributed by atoms with Gasteiger partial charge in [-0.2, -0.15) is 5.90 Å². The number of thioether (sulfide) groups is 1. The summed E-state index contributed by atoms with van der Waals surface area (Å²) in [7, 11) is 1.62. The smallest absolute Gasteiger partial charge is 0.182 e. The average Bonchev–Trinajstić information content (AvgIpc) is 1.91. The molecule has 0 unspecified atom stereocenters. The predicted octanol–water partition coefficient (Wildman–Crippen LogP) is -0.338. The van der Waals surface area contributed by atoms with Gasteiger partial charge in [0.05, 0.1) is 0 Å². The van der Waals surface area contributed by atoms with Crippen molar-refractivity contribution in [2.45, 2.75) is 0 Å². The first kappa shape index (κ1) is 8.70. The summed E-state index contributed by atoms with van der Waals surface area (Å²) in [5.74, 6) is 4.54. The normalized spacial score (nSPS) is 11.7. The standard InChI is InChI=1S/C3H9N3O2S/c1-5-3(9-2)6-8-7-4/h4H2,1-2H3,(H,5,6).